The summed E-state index contributed by atoms with van der Waals surface area (Å²) in [6.45, 7) is -0.874. The second-order valence-electron chi connectivity index (χ2n) is 6.57. The first-order valence-corrected chi connectivity index (χ1v) is 8.86. The maximum atomic E-state index is 12.2. The summed E-state index contributed by atoms with van der Waals surface area (Å²) >= 11 is 0. The van der Waals surface area contributed by atoms with E-state index in [1.807, 2.05) is 30.3 Å². The second-order valence-corrected chi connectivity index (χ2v) is 6.57. The lowest BCUT2D eigenvalue weighted by Gasteiger charge is -2.37. The van der Waals surface area contributed by atoms with E-state index in [4.69, 9.17) is 15.0 Å². The van der Waals surface area contributed by atoms with Crippen LogP contribution in [0.5, 0.6) is 0 Å². The van der Waals surface area contributed by atoms with Crippen molar-refractivity contribution in [2.45, 2.75) is 12.3 Å². The third-order valence-corrected chi connectivity index (χ3v) is 4.30. The topological polar surface area (TPSA) is 119 Å². The normalized spacial score (nSPS) is 14.6. The Balaban J connectivity index is 1.46. The summed E-state index contributed by atoms with van der Waals surface area (Å²) in [4.78, 5) is 20.0. The molecule has 1 aliphatic heterocycles. The monoisotopic (exact) mass is 422 g/mol. The van der Waals surface area contributed by atoms with Crippen LogP contribution in [0.4, 0.5) is 36.8 Å². The number of halogens is 3. The Hall–Kier alpha value is -3.48. The van der Waals surface area contributed by atoms with Crippen molar-refractivity contribution in [2.75, 3.05) is 42.3 Å². The van der Waals surface area contributed by atoms with Gasteiger partial charge in [0.1, 0.15) is 6.61 Å². The molecule has 0 bridgehead atoms. The lowest BCUT2D eigenvalue weighted by atomic mass is 10.2. The van der Waals surface area contributed by atoms with Gasteiger partial charge >= 0.3 is 12.2 Å². The van der Waals surface area contributed by atoms with Crippen molar-refractivity contribution in [1.29, 1.82) is 0 Å². The Labute approximate surface area is 168 Å². The standard InChI is InChI=1S/C17H17F3N8O2/c1-27(10-5-3-2-4-6-10)15-23-12(22-14(21)25-15)13-24-16(30-26-13)28-7-11(8-28)29-9-17(18,19)20/h2-6,11H,7-9H2,1H3,(H2,21,22,23,25). The summed E-state index contributed by atoms with van der Waals surface area (Å²) in [5, 5.41) is 3.84. The van der Waals surface area contributed by atoms with Gasteiger partial charge in [0.25, 0.3) is 0 Å². The first-order chi connectivity index (χ1) is 14.3. The average molecular weight is 422 g/mol. The largest absolute Gasteiger partial charge is 0.411 e. The third kappa shape index (κ3) is 4.40. The first-order valence-electron chi connectivity index (χ1n) is 8.86. The molecule has 30 heavy (non-hydrogen) atoms. The predicted molar refractivity (Wildman–Crippen MR) is 100 cm³/mol. The number of rotatable bonds is 6. The molecule has 2 N–H and O–H groups in total. The molecule has 1 aliphatic rings. The Kier molecular flexibility index (Phi) is 5.11. The van der Waals surface area contributed by atoms with Crippen molar-refractivity contribution < 1.29 is 22.4 Å². The van der Waals surface area contributed by atoms with E-state index in [1.54, 1.807) is 16.8 Å². The highest BCUT2D eigenvalue weighted by atomic mass is 19.4. The van der Waals surface area contributed by atoms with Gasteiger partial charge in [-0.15, -0.1) is 0 Å². The molecule has 1 aromatic carbocycles. The van der Waals surface area contributed by atoms with Crippen LogP contribution in [0.25, 0.3) is 11.6 Å². The molecule has 3 heterocycles. The highest BCUT2D eigenvalue weighted by molar-refractivity contribution is 5.59. The van der Waals surface area contributed by atoms with Crippen LogP contribution in [0, 0.1) is 0 Å². The van der Waals surface area contributed by atoms with Crippen LogP contribution in [-0.2, 0) is 4.74 Å². The summed E-state index contributed by atoms with van der Waals surface area (Å²) in [7, 11) is 1.77. The van der Waals surface area contributed by atoms with Crippen molar-refractivity contribution in [1.82, 2.24) is 25.1 Å². The summed E-state index contributed by atoms with van der Waals surface area (Å²) in [6, 6.07) is 9.54. The minimum atomic E-state index is -4.36. The van der Waals surface area contributed by atoms with Crippen molar-refractivity contribution >= 4 is 23.6 Å². The molecule has 3 aromatic rings. The van der Waals surface area contributed by atoms with Crippen LogP contribution >= 0.6 is 0 Å². The molecule has 1 fully saturated rings. The van der Waals surface area contributed by atoms with Gasteiger partial charge in [0.2, 0.25) is 23.5 Å². The van der Waals surface area contributed by atoms with E-state index in [0.29, 0.717) is 5.95 Å². The summed E-state index contributed by atoms with van der Waals surface area (Å²) in [5.74, 6) is 0.468. The fraction of sp³-hybridized carbons (Fsp3) is 0.353. The molecule has 1 saturated heterocycles. The fourth-order valence-electron chi connectivity index (χ4n) is 2.74. The molecular formula is C17H17F3N8O2. The number of nitrogens with two attached hydrogens (primary N) is 1. The van der Waals surface area contributed by atoms with Gasteiger partial charge in [-0.1, -0.05) is 23.4 Å². The highest BCUT2D eigenvalue weighted by Gasteiger charge is 2.36. The van der Waals surface area contributed by atoms with Gasteiger partial charge in [-0.05, 0) is 12.1 Å². The van der Waals surface area contributed by atoms with E-state index in [-0.39, 0.29) is 36.7 Å². The number of aromatic nitrogens is 5. The van der Waals surface area contributed by atoms with Gasteiger partial charge in [0.15, 0.2) is 0 Å². The Bertz CT molecular complexity index is 1010. The predicted octanol–water partition coefficient (Wildman–Crippen LogP) is 2.04. The average Bonchev–Trinajstić information content (AvgIpc) is 3.15. The Morgan fingerprint density at radius 3 is 2.57 bits per heavy atom. The van der Waals surface area contributed by atoms with Gasteiger partial charge in [-0.3, -0.25) is 0 Å². The van der Waals surface area contributed by atoms with E-state index < -0.39 is 18.9 Å². The van der Waals surface area contributed by atoms with Crippen molar-refractivity contribution in [3.63, 3.8) is 0 Å². The number of ether oxygens (including phenoxy) is 1. The number of nitrogen functional groups attached to an aromatic ring is 1. The number of para-hydroxylation sites is 1. The molecule has 0 radical (unpaired) electrons. The molecule has 0 amide bonds. The number of hydrogen-bond donors (Lipinski definition) is 1. The van der Waals surface area contributed by atoms with Crippen molar-refractivity contribution in [3.8, 4) is 11.6 Å². The number of benzene rings is 1. The van der Waals surface area contributed by atoms with Gasteiger partial charge in [-0.25, -0.2) is 0 Å². The molecular weight excluding hydrogens is 405 g/mol. The lowest BCUT2D eigenvalue weighted by molar-refractivity contribution is -0.187. The highest BCUT2D eigenvalue weighted by Crippen LogP contribution is 2.26. The van der Waals surface area contributed by atoms with E-state index in [2.05, 4.69) is 25.1 Å². The first kappa shape index (κ1) is 19.8. The quantitative estimate of drug-likeness (QED) is 0.632. The minimum absolute atomic E-state index is 0.0197. The zero-order valence-electron chi connectivity index (χ0n) is 15.7. The summed E-state index contributed by atoms with van der Waals surface area (Å²) in [5.41, 5.74) is 6.65. The Morgan fingerprint density at radius 2 is 1.87 bits per heavy atom. The molecule has 13 heteroatoms. The molecule has 0 aliphatic carbocycles. The van der Waals surface area contributed by atoms with Crippen molar-refractivity contribution in [2.24, 2.45) is 0 Å². The smallest absolute Gasteiger partial charge is 0.368 e. The number of hydrogen-bond acceptors (Lipinski definition) is 10. The van der Waals surface area contributed by atoms with Gasteiger partial charge < -0.3 is 24.8 Å². The van der Waals surface area contributed by atoms with Crippen LogP contribution in [0.2, 0.25) is 0 Å². The maximum Gasteiger partial charge on any atom is 0.411 e. The third-order valence-electron chi connectivity index (χ3n) is 4.30. The fourth-order valence-corrected chi connectivity index (χ4v) is 2.74. The summed E-state index contributed by atoms with van der Waals surface area (Å²) < 4.78 is 46.6. The SMILES string of the molecule is CN(c1ccccc1)c1nc(N)nc(-c2noc(N3CC(OCC(F)(F)F)C3)n2)n1. The van der Waals surface area contributed by atoms with Crippen LogP contribution in [0.3, 0.4) is 0 Å². The van der Waals surface area contributed by atoms with E-state index in [1.165, 1.54) is 0 Å². The Morgan fingerprint density at radius 1 is 1.13 bits per heavy atom. The van der Waals surface area contributed by atoms with Crippen LogP contribution < -0.4 is 15.5 Å². The molecule has 10 nitrogen and oxygen atoms in total. The minimum Gasteiger partial charge on any atom is -0.368 e. The van der Waals surface area contributed by atoms with Crippen LogP contribution in [0.1, 0.15) is 0 Å². The number of alkyl halides is 3. The molecule has 0 spiro atoms. The lowest BCUT2D eigenvalue weighted by Crippen LogP contribution is -2.53. The van der Waals surface area contributed by atoms with Gasteiger partial charge in [0.05, 0.1) is 19.2 Å². The van der Waals surface area contributed by atoms with Crippen LogP contribution in [0.15, 0.2) is 34.9 Å². The van der Waals surface area contributed by atoms with E-state index in [0.717, 1.165) is 5.69 Å². The zero-order chi connectivity index (χ0) is 21.3. The van der Waals surface area contributed by atoms with E-state index in [9.17, 15) is 13.2 Å². The molecule has 158 valence electrons. The molecule has 0 saturated carbocycles. The summed E-state index contributed by atoms with van der Waals surface area (Å²) in [6.07, 6.45) is -4.91. The van der Waals surface area contributed by atoms with Gasteiger partial charge in [0, 0.05) is 12.7 Å². The molecule has 2 aromatic heterocycles. The van der Waals surface area contributed by atoms with Crippen molar-refractivity contribution in [3.05, 3.63) is 30.3 Å². The van der Waals surface area contributed by atoms with Crippen LogP contribution in [-0.4, -0.2) is 64.1 Å². The number of nitrogens with zero attached hydrogens (tertiary/aromatic N) is 7. The maximum absolute atomic E-state index is 12.2. The second kappa shape index (κ2) is 7.74. The molecule has 4 rings (SSSR count). The molecule has 0 unspecified atom stereocenters. The molecule has 0 atom stereocenters. The zero-order valence-corrected chi connectivity index (χ0v) is 15.7. The van der Waals surface area contributed by atoms with Gasteiger partial charge in [-0.2, -0.15) is 33.1 Å². The number of anilines is 4. The van der Waals surface area contributed by atoms with E-state index >= 15 is 0 Å².